The maximum Gasteiger partial charge on any atom is 0.416 e. The number of carboxylic acid groups (broad SMARTS) is 1. The minimum atomic E-state index is -4.99. The summed E-state index contributed by atoms with van der Waals surface area (Å²) in [7, 11) is 0. The molecule has 2 atom stereocenters. The number of anilines is 2. The van der Waals surface area contributed by atoms with Crippen LogP contribution in [0.15, 0.2) is 30.6 Å². The van der Waals surface area contributed by atoms with Gasteiger partial charge < -0.3 is 24.5 Å². The third-order valence-corrected chi connectivity index (χ3v) is 6.81. The molecule has 1 amide bonds. The summed E-state index contributed by atoms with van der Waals surface area (Å²) in [6.45, 7) is 3.72. The lowest BCUT2D eigenvalue weighted by molar-refractivity contribution is -0.143. The van der Waals surface area contributed by atoms with E-state index in [1.165, 1.54) is 22.2 Å². The van der Waals surface area contributed by atoms with E-state index in [9.17, 15) is 36.2 Å². The fourth-order valence-corrected chi connectivity index (χ4v) is 4.86. The van der Waals surface area contributed by atoms with Gasteiger partial charge in [0.1, 0.15) is 0 Å². The number of likely N-dealkylation sites (tertiary alicyclic amines) is 1. The van der Waals surface area contributed by atoms with Gasteiger partial charge in [-0.3, -0.25) is 0 Å². The van der Waals surface area contributed by atoms with Crippen LogP contribution in [0.3, 0.4) is 0 Å². The zero-order valence-electron chi connectivity index (χ0n) is 20.5. The summed E-state index contributed by atoms with van der Waals surface area (Å²) >= 11 is 0. The number of hydrogen-bond acceptors (Lipinski definition) is 6. The van der Waals surface area contributed by atoms with Crippen LogP contribution in [0.2, 0.25) is 0 Å². The number of alkyl halides is 6. The van der Waals surface area contributed by atoms with Gasteiger partial charge in [-0.1, -0.05) is 6.92 Å². The van der Waals surface area contributed by atoms with Crippen molar-refractivity contribution in [3.05, 3.63) is 47.3 Å². The van der Waals surface area contributed by atoms with Crippen LogP contribution >= 0.6 is 0 Å². The van der Waals surface area contributed by atoms with Gasteiger partial charge in [0, 0.05) is 32.2 Å². The molecule has 2 aliphatic rings. The van der Waals surface area contributed by atoms with Crippen LogP contribution in [-0.4, -0.2) is 71.0 Å². The van der Waals surface area contributed by atoms with Crippen LogP contribution in [-0.2, 0) is 23.6 Å². The van der Waals surface area contributed by atoms with E-state index in [4.69, 9.17) is 4.74 Å². The van der Waals surface area contributed by atoms with E-state index in [0.29, 0.717) is 57.0 Å². The first-order valence-corrected chi connectivity index (χ1v) is 12.1. The molecule has 38 heavy (non-hydrogen) atoms. The Kier molecular flexibility index (Phi) is 7.90. The maximum absolute atomic E-state index is 13.5. The maximum atomic E-state index is 13.5. The molecule has 14 heteroatoms. The number of halogens is 6. The second-order valence-electron chi connectivity index (χ2n) is 9.27. The molecule has 2 fully saturated rings. The van der Waals surface area contributed by atoms with E-state index in [2.05, 4.69) is 9.97 Å². The van der Waals surface area contributed by atoms with E-state index < -0.39 is 35.6 Å². The van der Waals surface area contributed by atoms with Gasteiger partial charge in [0.2, 0.25) is 5.95 Å². The number of nitrogens with zero attached hydrogens (tertiary/aromatic N) is 5. The van der Waals surface area contributed by atoms with Crippen molar-refractivity contribution in [2.75, 3.05) is 42.6 Å². The predicted molar refractivity (Wildman–Crippen MR) is 125 cm³/mol. The number of carbonyl (C=O) groups is 1. The number of rotatable bonds is 6. The molecule has 1 aromatic heterocycles. The molecule has 0 aliphatic carbocycles. The van der Waals surface area contributed by atoms with Gasteiger partial charge in [-0.15, -0.1) is 0 Å². The molecule has 2 saturated heterocycles. The third kappa shape index (κ3) is 6.22. The van der Waals surface area contributed by atoms with Gasteiger partial charge >= 0.3 is 18.4 Å². The quantitative estimate of drug-likeness (QED) is 0.516. The summed E-state index contributed by atoms with van der Waals surface area (Å²) in [6, 6.07) is 0.502. The van der Waals surface area contributed by atoms with Crippen molar-refractivity contribution in [2.45, 2.75) is 50.7 Å². The van der Waals surface area contributed by atoms with Gasteiger partial charge in [-0.05, 0) is 36.6 Å². The normalized spacial score (nSPS) is 20.6. The van der Waals surface area contributed by atoms with Crippen LogP contribution in [0.1, 0.15) is 36.5 Å². The van der Waals surface area contributed by atoms with Gasteiger partial charge in [0.05, 0.1) is 48.5 Å². The fourth-order valence-electron chi connectivity index (χ4n) is 4.86. The zero-order chi connectivity index (χ0) is 27.7. The molecule has 0 unspecified atom stereocenters. The molecular formula is C24H27F6N5O3. The van der Waals surface area contributed by atoms with E-state index in [1.54, 1.807) is 0 Å². The minimum Gasteiger partial charge on any atom is -0.465 e. The molecule has 0 radical (unpaired) electrons. The number of amides is 1. The first-order valence-electron chi connectivity index (χ1n) is 12.1. The average molecular weight is 548 g/mol. The number of hydrogen-bond donors (Lipinski definition) is 1. The Morgan fingerprint density at radius 3 is 2.11 bits per heavy atom. The molecular weight excluding hydrogens is 520 g/mol. The van der Waals surface area contributed by atoms with Gasteiger partial charge in [0.25, 0.3) is 0 Å². The topological polar surface area (TPSA) is 82.0 Å². The highest BCUT2D eigenvalue weighted by Gasteiger charge is 2.40. The van der Waals surface area contributed by atoms with Crippen molar-refractivity contribution < 1.29 is 41.0 Å². The van der Waals surface area contributed by atoms with Crippen LogP contribution < -0.4 is 9.80 Å². The second kappa shape index (κ2) is 10.8. The first kappa shape index (κ1) is 27.7. The molecule has 2 aliphatic heterocycles. The summed E-state index contributed by atoms with van der Waals surface area (Å²) in [6.07, 6.45) is -7.24. The highest BCUT2D eigenvalue weighted by atomic mass is 19.4. The van der Waals surface area contributed by atoms with Crippen LogP contribution in [0.4, 0.5) is 42.8 Å². The van der Waals surface area contributed by atoms with Crippen molar-refractivity contribution >= 4 is 17.7 Å². The molecule has 8 nitrogen and oxygen atoms in total. The van der Waals surface area contributed by atoms with E-state index >= 15 is 0 Å². The Morgan fingerprint density at radius 1 is 1.05 bits per heavy atom. The van der Waals surface area contributed by atoms with Crippen LogP contribution in [0.25, 0.3) is 0 Å². The lowest BCUT2D eigenvalue weighted by atomic mass is 10.0. The lowest BCUT2D eigenvalue weighted by Crippen LogP contribution is -2.40. The zero-order valence-corrected chi connectivity index (χ0v) is 20.5. The van der Waals surface area contributed by atoms with Crippen LogP contribution in [0.5, 0.6) is 0 Å². The minimum absolute atomic E-state index is 0.00745. The Balaban J connectivity index is 1.71. The Labute approximate surface area is 214 Å². The predicted octanol–water partition coefficient (Wildman–Crippen LogP) is 4.89. The summed E-state index contributed by atoms with van der Waals surface area (Å²) in [5, 5.41) is 9.62. The molecule has 2 aromatic rings. The molecule has 4 rings (SSSR count). The molecule has 0 bridgehead atoms. The molecule has 1 aromatic carbocycles. The number of benzene rings is 1. The van der Waals surface area contributed by atoms with Gasteiger partial charge in [-0.2, -0.15) is 26.3 Å². The SMILES string of the molecule is CC[C@@H]1C[C@H](N(Cc2cc(C(F)(F)F)cc(C(F)(F)F)c2)c2ncc(N3CCOCC3)cn2)CN1C(=O)O. The average Bonchev–Trinajstić information content (AvgIpc) is 3.31. The highest BCUT2D eigenvalue weighted by Crippen LogP contribution is 2.37. The van der Waals surface area contributed by atoms with Crippen molar-refractivity contribution in [1.29, 1.82) is 0 Å². The summed E-state index contributed by atoms with van der Waals surface area (Å²) in [5.74, 6) is 0.0834. The van der Waals surface area contributed by atoms with Crippen molar-refractivity contribution in [1.82, 2.24) is 14.9 Å². The molecule has 208 valence electrons. The van der Waals surface area contributed by atoms with Gasteiger partial charge in [-0.25, -0.2) is 14.8 Å². The third-order valence-electron chi connectivity index (χ3n) is 6.81. The monoisotopic (exact) mass is 547 g/mol. The summed E-state index contributed by atoms with van der Waals surface area (Å²) in [4.78, 5) is 25.2. The summed E-state index contributed by atoms with van der Waals surface area (Å²) in [5.41, 5.74) is -2.39. The van der Waals surface area contributed by atoms with Crippen molar-refractivity contribution in [3.8, 4) is 0 Å². The molecule has 0 saturated carbocycles. The number of ether oxygens (including phenoxy) is 1. The molecule has 0 spiro atoms. The van der Waals surface area contributed by atoms with Crippen molar-refractivity contribution in [3.63, 3.8) is 0 Å². The first-order chi connectivity index (χ1) is 17.9. The highest BCUT2D eigenvalue weighted by molar-refractivity contribution is 5.66. The largest absolute Gasteiger partial charge is 0.465 e. The van der Waals surface area contributed by atoms with Gasteiger partial charge in [0.15, 0.2) is 0 Å². The summed E-state index contributed by atoms with van der Waals surface area (Å²) < 4.78 is 86.1. The van der Waals surface area contributed by atoms with E-state index in [0.717, 1.165) is 0 Å². The second-order valence-corrected chi connectivity index (χ2v) is 9.27. The molecule has 1 N–H and O–H groups in total. The van der Waals surface area contributed by atoms with E-state index in [1.807, 2.05) is 11.8 Å². The fraction of sp³-hybridized carbons (Fsp3) is 0.542. The Morgan fingerprint density at radius 2 is 1.63 bits per heavy atom. The number of morpholine rings is 1. The smallest absolute Gasteiger partial charge is 0.416 e. The Bertz CT molecular complexity index is 1090. The standard InChI is InChI=1S/C24H27F6N5O3/c1-2-18-10-19(14-35(18)22(36)37)34(21-31-11-20(12-32-21)33-3-5-38-6-4-33)13-15-7-16(23(25,26)27)9-17(8-15)24(28,29)30/h7-9,11-12,18-19H,2-6,10,13-14H2,1H3,(H,36,37)/t18-,19+/m1/s1. The van der Waals surface area contributed by atoms with Crippen molar-refractivity contribution in [2.24, 2.45) is 0 Å². The molecule has 3 heterocycles. The van der Waals surface area contributed by atoms with E-state index in [-0.39, 0.29) is 36.7 Å². The Hall–Kier alpha value is -3.29. The number of aromatic nitrogens is 2. The lowest BCUT2D eigenvalue weighted by Gasteiger charge is -2.31. The van der Waals surface area contributed by atoms with Crippen LogP contribution in [0, 0.1) is 0 Å².